The number of carboxylic acids is 1. The van der Waals surface area contributed by atoms with E-state index in [1.54, 1.807) is 6.20 Å². The summed E-state index contributed by atoms with van der Waals surface area (Å²) in [4.78, 5) is 20.1. The quantitative estimate of drug-likeness (QED) is 0.939. The van der Waals surface area contributed by atoms with E-state index in [2.05, 4.69) is 15.1 Å². The van der Waals surface area contributed by atoms with Crippen molar-refractivity contribution < 1.29 is 9.90 Å². The summed E-state index contributed by atoms with van der Waals surface area (Å²) in [7, 11) is 0. The lowest BCUT2D eigenvalue weighted by Gasteiger charge is -2.06. The molecule has 116 valence electrons. The SMILES string of the molecule is Cc1cc(C)c(-c2nc(C3CCCC3)nn2CC(=O)O)cn1. The Kier molecular flexibility index (Phi) is 3.92. The molecule has 6 heteroatoms. The lowest BCUT2D eigenvalue weighted by Crippen LogP contribution is -2.12. The van der Waals surface area contributed by atoms with Gasteiger partial charge in [-0.15, -0.1) is 0 Å². The summed E-state index contributed by atoms with van der Waals surface area (Å²) in [5.41, 5.74) is 2.81. The number of aliphatic carboxylic acids is 1. The van der Waals surface area contributed by atoms with Gasteiger partial charge in [-0.2, -0.15) is 5.10 Å². The Hall–Kier alpha value is -2.24. The number of aryl methyl sites for hydroxylation is 2. The molecule has 0 saturated heterocycles. The van der Waals surface area contributed by atoms with E-state index in [9.17, 15) is 4.79 Å². The van der Waals surface area contributed by atoms with Crippen LogP contribution in [-0.4, -0.2) is 30.8 Å². The third-order valence-corrected chi connectivity index (χ3v) is 4.18. The average molecular weight is 300 g/mol. The summed E-state index contributed by atoms with van der Waals surface area (Å²) in [5, 5.41) is 13.6. The van der Waals surface area contributed by atoms with Crippen LogP contribution in [0.1, 0.15) is 48.7 Å². The number of hydrogen-bond acceptors (Lipinski definition) is 4. The molecule has 0 atom stereocenters. The molecule has 1 fully saturated rings. The molecule has 0 aromatic carbocycles. The van der Waals surface area contributed by atoms with Crippen molar-refractivity contribution in [3.05, 3.63) is 29.3 Å². The second-order valence-electron chi connectivity index (χ2n) is 5.97. The van der Waals surface area contributed by atoms with E-state index in [4.69, 9.17) is 5.11 Å². The number of aromatic nitrogens is 4. The normalized spacial score (nSPS) is 15.4. The van der Waals surface area contributed by atoms with Crippen molar-refractivity contribution >= 4 is 5.97 Å². The van der Waals surface area contributed by atoms with Crippen LogP contribution >= 0.6 is 0 Å². The van der Waals surface area contributed by atoms with Crippen LogP contribution in [0.15, 0.2) is 12.3 Å². The second kappa shape index (κ2) is 5.87. The Morgan fingerprint density at radius 1 is 1.36 bits per heavy atom. The minimum atomic E-state index is -0.915. The molecule has 0 unspecified atom stereocenters. The highest BCUT2D eigenvalue weighted by atomic mass is 16.4. The first-order valence-corrected chi connectivity index (χ1v) is 7.64. The fourth-order valence-electron chi connectivity index (χ4n) is 3.08. The van der Waals surface area contributed by atoms with Gasteiger partial charge in [0.1, 0.15) is 6.54 Å². The summed E-state index contributed by atoms with van der Waals surface area (Å²) in [6, 6.07) is 1.98. The molecule has 1 N–H and O–H groups in total. The zero-order chi connectivity index (χ0) is 15.7. The predicted molar refractivity (Wildman–Crippen MR) is 81.6 cm³/mol. The van der Waals surface area contributed by atoms with E-state index in [1.807, 2.05) is 19.9 Å². The van der Waals surface area contributed by atoms with Crippen molar-refractivity contribution in [2.75, 3.05) is 0 Å². The monoisotopic (exact) mass is 300 g/mol. The molecule has 0 bridgehead atoms. The molecule has 0 radical (unpaired) electrons. The fourth-order valence-corrected chi connectivity index (χ4v) is 3.08. The number of pyridine rings is 1. The molecule has 2 aromatic rings. The fraction of sp³-hybridized carbons (Fsp3) is 0.500. The van der Waals surface area contributed by atoms with Crippen molar-refractivity contribution in [2.24, 2.45) is 0 Å². The van der Waals surface area contributed by atoms with Crippen molar-refractivity contribution in [2.45, 2.75) is 52.0 Å². The van der Waals surface area contributed by atoms with Crippen LogP contribution in [0.3, 0.4) is 0 Å². The minimum Gasteiger partial charge on any atom is -0.480 e. The van der Waals surface area contributed by atoms with Crippen LogP contribution in [-0.2, 0) is 11.3 Å². The first-order chi connectivity index (χ1) is 10.5. The Labute approximate surface area is 129 Å². The van der Waals surface area contributed by atoms with Crippen molar-refractivity contribution in [3.8, 4) is 11.4 Å². The largest absolute Gasteiger partial charge is 0.480 e. The minimum absolute atomic E-state index is 0.178. The Bertz CT molecular complexity index is 702. The number of rotatable bonds is 4. The zero-order valence-electron chi connectivity index (χ0n) is 12.9. The Morgan fingerprint density at radius 2 is 2.09 bits per heavy atom. The van der Waals surface area contributed by atoms with Gasteiger partial charge in [0.25, 0.3) is 0 Å². The lowest BCUT2D eigenvalue weighted by molar-refractivity contribution is -0.137. The average Bonchev–Trinajstić information content (AvgIpc) is 3.07. The molecule has 3 rings (SSSR count). The summed E-state index contributed by atoms with van der Waals surface area (Å²) in [6.45, 7) is 3.74. The maximum atomic E-state index is 11.1. The molecular formula is C16H20N4O2. The highest BCUT2D eigenvalue weighted by molar-refractivity contribution is 5.68. The van der Waals surface area contributed by atoms with E-state index in [-0.39, 0.29) is 6.54 Å². The van der Waals surface area contributed by atoms with E-state index >= 15 is 0 Å². The van der Waals surface area contributed by atoms with Gasteiger partial charge in [0.05, 0.1) is 0 Å². The molecule has 1 aliphatic carbocycles. The third-order valence-electron chi connectivity index (χ3n) is 4.18. The first kappa shape index (κ1) is 14.7. The molecule has 0 spiro atoms. The molecule has 0 aliphatic heterocycles. The van der Waals surface area contributed by atoms with E-state index in [0.717, 1.165) is 35.5 Å². The van der Waals surface area contributed by atoms with Crippen LogP contribution in [0.2, 0.25) is 0 Å². The number of hydrogen-bond donors (Lipinski definition) is 1. The van der Waals surface area contributed by atoms with Crippen molar-refractivity contribution in [1.82, 2.24) is 19.7 Å². The van der Waals surface area contributed by atoms with Gasteiger partial charge in [-0.05, 0) is 38.3 Å². The second-order valence-corrected chi connectivity index (χ2v) is 5.97. The van der Waals surface area contributed by atoms with Gasteiger partial charge in [0.2, 0.25) is 0 Å². The van der Waals surface area contributed by atoms with Crippen LogP contribution < -0.4 is 0 Å². The molecule has 0 amide bonds. The zero-order valence-corrected chi connectivity index (χ0v) is 12.9. The summed E-state index contributed by atoms with van der Waals surface area (Å²) >= 11 is 0. The van der Waals surface area contributed by atoms with Gasteiger partial charge in [0, 0.05) is 23.4 Å². The van der Waals surface area contributed by atoms with Crippen molar-refractivity contribution in [3.63, 3.8) is 0 Å². The third kappa shape index (κ3) is 2.86. The molecule has 6 nitrogen and oxygen atoms in total. The number of nitrogens with zero attached hydrogens (tertiary/aromatic N) is 4. The van der Waals surface area contributed by atoms with E-state index in [0.29, 0.717) is 11.7 Å². The van der Waals surface area contributed by atoms with Gasteiger partial charge in [-0.25, -0.2) is 9.67 Å². The van der Waals surface area contributed by atoms with E-state index < -0.39 is 5.97 Å². The van der Waals surface area contributed by atoms with E-state index in [1.165, 1.54) is 17.5 Å². The Balaban J connectivity index is 2.05. The maximum absolute atomic E-state index is 11.1. The number of carbonyl (C=O) groups is 1. The summed E-state index contributed by atoms with van der Waals surface area (Å²) in [6.07, 6.45) is 6.31. The van der Waals surface area contributed by atoms with Crippen LogP contribution in [0.25, 0.3) is 11.4 Å². The molecule has 2 aromatic heterocycles. The highest BCUT2D eigenvalue weighted by Gasteiger charge is 2.24. The van der Waals surface area contributed by atoms with Crippen LogP contribution in [0.4, 0.5) is 0 Å². The van der Waals surface area contributed by atoms with Gasteiger partial charge in [-0.1, -0.05) is 12.8 Å². The van der Waals surface area contributed by atoms with Crippen LogP contribution in [0, 0.1) is 13.8 Å². The van der Waals surface area contributed by atoms with Gasteiger partial charge >= 0.3 is 5.97 Å². The molecule has 2 heterocycles. The topological polar surface area (TPSA) is 80.9 Å². The summed E-state index contributed by atoms with van der Waals surface area (Å²) in [5.74, 6) is 0.817. The smallest absolute Gasteiger partial charge is 0.325 e. The first-order valence-electron chi connectivity index (χ1n) is 7.64. The lowest BCUT2D eigenvalue weighted by atomic mass is 10.1. The Morgan fingerprint density at radius 3 is 2.73 bits per heavy atom. The van der Waals surface area contributed by atoms with Crippen molar-refractivity contribution in [1.29, 1.82) is 0 Å². The van der Waals surface area contributed by atoms with Gasteiger partial charge in [-0.3, -0.25) is 9.78 Å². The maximum Gasteiger partial charge on any atom is 0.325 e. The van der Waals surface area contributed by atoms with Crippen LogP contribution in [0.5, 0.6) is 0 Å². The predicted octanol–water partition coefficient (Wildman–Crippen LogP) is 2.70. The molecule has 22 heavy (non-hydrogen) atoms. The molecule has 1 aliphatic rings. The highest BCUT2D eigenvalue weighted by Crippen LogP contribution is 2.33. The summed E-state index contributed by atoms with van der Waals surface area (Å²) < 4.78 is 1.50. The number of carboxylic acid groups (broad SMARTS) is 1. The molecule has 1 saturated carbocycles. The molecular weight excluding hydrogens is 280 g/mol. The van der Waals surface area contributed by atoms with Gasteiger partial charge < -0.3 is 5.11 Å². The standard InChI is InChI=1S/C16H20N4O2/c1-10-7-11(2)17-8-13(10)16-18-15(12-5-3-4-6-12)19-20(16)9-14(21)22/h7-8,12H,3-6,9H2,1-2H3,(H,21,22). The van der Waals surface area contributed by atoms with Gasteiger partial charge in [0.15, 0.2) is 11.6 Å².